The Labute approximate surface area is 168 Å². The molecule has 3 heterocycles. The predicted molar refractivity (Wildman–Crippen MR) is 109 cm³/mol. The van der Waals surface area contributed by atoms with Crippen LogP contribution in [0.25, 0.3) is 22.6 Å². The molecule has 150 valence electrons. The average Bonchev–Trinajstić information content (AvgIpc) is 3.14. The second-order valence-corrected chi connectivity index (χ2v) is 7.34. The van der Waals surface area contributed by atoms with Gasteiger partial charge in [-0.3, -0.25) is 10.1 Å². The van der Waals surface area contributed by atoms with E-state index in [1.165, 1.54) is 19.1 Å². The van der Waals surface area contributed by atoms with Gasteiger partial charge < -0.3 is 9.47 Å². The second kappa shape index (κ2) is 8.08. The number of carbonyl (C=O) groups excluding carboxylic acids is 1. The van der Waals surface area contributed by atoms with Gasteiger partial charge >= 0.3 is 0 Å². The van der Waals surface area contributed by atoms with Crippen molar-refractivity contribution in [1.82, 2.24) is 24.4 Å². The van der Waals surface area contributed by atoms with Gasteiger partial charge in [0.15, 0.2) is 0 Å². The maximum Gasteiger partial charge on any atom is 0.229 e. The standard InChI is InChI=1S/C21H23FN6O/c1-14(29)25-21-23-10-7-18(26-21)20-19(15-3-5-16(22)6-4-15)24-13-28(20)17-8-11-27(2)12-9-17/h3-7,10,13,17H,8-9,11-12H2,1-2H3,(H,23,25,26,29). The molecule has 0 radical (unpaired) electrons. The van der Waals surface area contributed by atoms with Crippen molar-refractivity contribution in [3.8, 4) is 22.6 Å². The molecule has 2 aromatic heterocycles. The molecule has 1 N–H and O–H groups in total. The van der Waals surface area contributed by atoms with E-state index in [1.807, 2.05) is 6.33 Å². The fourth-order valence-electron chi connectivity index (χ4n) is 3.69. The molecule has 29 heavy (non-hydrogen) atoms. The van der Waals surface area contributed by atoms with Crippen LogP contribution in [0.4, 0.5) is 10.3 Å². The lowest BCUT2D eigenvalue weighted by atomic mass is 10.0. The highest BCUT2D eigenvalue weighted by molar-refractivity contribution is 5.87. The number of hydrogen-bond donors (Lipinski definition) is 1. The summed E-state index contributed by atoms with van der Waals surface area (Å²) in [5.41, 5.74) is 3.06. The van der Waals surface area contributed by atoms with E-state index < -0.39 is 0 Å². The van der Waals surface area contributed by atoms with Gasteiger partial charge in [-0.25, -0.2) is 19.3 Å². The molecule has 0 spiro atoms. The van der Waals surface area contributed by atoms with Gasteiger partial charge in [0.25, 0.3) is 0 Å². The van der Waals surface area contributed by atoms with Crippen LogP contribution >= 0.6 is 0 Å². The summed E-state index contributed by atoms with van der Waals surface area (Å²) in [4.78, 5) is 27.1. The number of nitrogens with zero attached hydrogens (tertiary/aromatic N) is 5. The number of anilines is 1. The number of carbonyl (C=O) groups is 1. The van der Waals surface area contributed by atoms with Crippen LogP contribution in [-0.2, 0) is 4.79 Å². The molecule has 8 heteroatoms. The van der Waals surface area contributed by atoms with Crippen molar-refractivity contribution in [2.24, 2.45) is 0 Å². The molecule has 7 nitrogen and oxygen atoms in total. The highest BCUT2D eigenvalue weighted by atomic mass is 19.1. The summed E-state index contributed by atoms with van der Waals surface area (Å²) in [7, 11) is 2.12. The van der Waals surface area contributed by atoms with E-state index in [0.717, 1.165) is 42.9 Å². The minimum atomic E-state index is -0.292. The van der Waals surface area contributed by atoms with E-state index >= 15 is 0 Å². The number of aromatic nitrogens is 4. The van der Waals surface area contributed by atoms with E-state index in [2.05, 4.69) is 36.8 Å². The Balaban J connectivity index is 1.81. The van der Waals surface area contributed by atoms with Gasteiger partial charge in [0.2, 0.25) is 11.9 Å². The molecule has 1 amide bonds. The van der Waals surface area contributed by atoms with Crippen LogP contribution in [0.3, 0.4) is 0 Å². The molecule has 0 saturated carbocycles. The zero-order valence-corrected chi connectivity index (χ0v) is 16.5. The van der Waals surface area contributed by atoms with Crippen molar-refractivity contribution in [1.29, 1.82) is 0 Å². The number of hydrogen-bond acceptors (Lipinski definition) is 5. The van der Waals surface area contributed by atoms with Crippen molar-refractivity contribution in [3.05, 3.63) is 48.7 Å². The summed E-state index contributed by atoms with van der Waals surface area (Å²) in [6.07, 6.45) is 5.47. The number of amides is 1. The number of halogens is 1. The molecule has 0 aliphatic carbocycles. The van der Waals surface area contributed by atoms with Crippen LogP contribution in [-0.4, -0.2) is 50.5 Å². The van der Waals surface area contributed by atoms with Crippen LogP contribution in [0, 0.1) is 5.82 Å². The molecule has 1 aliphatic heterocycles. The lowest BCUT2D eigenvalue weighted by Crippen LogP contribution is -2.31. The number of benzene rings is 1. The van der Waals surface area contributed by atoms with Crippen LogP contribution in [0.5, 0.6) is 0 Å². The third-order valence-electron chi connectivity index (χ3n) is 5.18. The van der Waals surface area contributed by atoms with E-state index in [0.29, 0.717) is 11.7 Å². The average molecular weight is 394 g/mol. The number of likely N-dealkylation sites (tertiary alicyclic amines) is 1. The van der Waals surface area contributed by atoms with Crippen molar-refractivity contribution in [3.63, 3.8) is 0 Å². The summed E-state index contributed by atoms with van der Waals surface area (Å²) >= 11 is 0. The topological polar surface area (TPSA) is 75.9 Å². The fraction of sp³-hybridized carbons (Fsp3) is 0.333. The Morgan fingerprint density at radius 1 is 1.14 bits per heavy atom. The predicted octanol–water partition coefficient (Wildman–Crippen LogP) is 3.37. The summed E-state index contributed by atoms with van der Waals surface area (Å²) in [5, 5.41) is 2.63. The summed E-state index contributed by atoms with van der Waals surface area (Å²) in [5.74, 6) is -0.277. The first kappa shape index (κ1) is 19.2. The van der Waals surface area contributed by atoms with Gasteiger partial charge in [-0.2, -0.15) is 0 Å². The lowest BCUT2D eigenvalue weighted by molar-refractivity contribution is -0.114. The van der Waals surface area contributed by atoms with Crippen LogP contribution in [0.15, 0.2) is 42.9 Å². The molecule has 3 aromatic rings. The van der Waals surface area contributed by atoms with Crippen LogP contribution in [0.2, 0.25) is 0 Å². The number of imidazole rings is 1. The molecule has 1 aliphatic rings. The maximum absolute atomic E-state index is 13.4. The van der Waals surface area contributed by atoms with Gasteiger partial charge in [-0.05, 0) is 63.3 Å². The quantitative estimate of drug-likeness (QED) is 0.734. The Bertz CT molecular complexity index is 1010. The second-order valence-electron chi connectivity index (χ2n) is 7.34. The van der Waals surface area contributed by atoms with Gasteiger partial charge in [-0.15, -0.1) is 0 Å². The minimum Gasteiger partial charge on any atom is -0.326 e. The smallest absolute Gasteiger partial charge is 0.229 e. The number of nitrogens with one attached hydrogen (secondary N) is 1. The molecule has 4 rings (SSSR count). The Hall–Kier alpha value is -3.13. The SMILES string of the molecule is CC(=O)Nc1nccc(-c2c(-c3ccc(F)cc3)ncn2C2CCN(C)CC2)n1. The fourth-order valence-corrected chi connectivity index (χ4v) is 3.69. The van der Waals surface area contributed by atoms with Crippen molar-refractivity contribution in [2.45, 2.75) is 25.8 Å². The molecule has 0 atom stereocenters. The van der Waals surface area contributed by atoms with Gasteiger partial charge in [0.1, 0.15) is 5.82 Å². The zero-order chi connectivity index (χ0) is 20.4. The summed E-state index contributed by atoms with van der Waals surface area (Å²) in [6, 6.07) is 8.39. The minimum absolute atomic E-state index is 0.232. The Morgan fingerprint density at radius 2 is 1.86 bits per heavy atom. The van der Waals surface area contributed by atoms with Gasteiger partial charge in [0, 0.05) is 24.7 Å². The molecule has 0 bridgehead atoms. The highest BCUT2D eigenvalue weighted by Gasteiger charge is 2.24. The zero-order valence-electron chi connectivity index (χ0n) is 16.5. The third-order valence-corrected chi connectivity index (χ3v) is 5.18. The first-order valence-electron chi connectivity index (χ1n) is 9.63. The van der Waals surface area contributed by atoms with E-state index in [9.17, 15) is 9.18 Å². The van der Waals surface area contributed by atoms with Crippen LogP contribution < -0.4 is 5.32 Å². The first-order valence-corrected chi connectivity index (χ1v) is 9.63. The maximum atomic E-state index is 13.4. The van der Waals surface area contributed by atoms with Crippen molar-refractivity contribution >= 4 is 11.9 Å². The monoisotopic (exact) mass is 394 g/mol. The summed E-state index contributed by atoms with van der Waals surface area (Å²) in [6.45, 7) is 3.44. The highest BCUT2D eigenvalue weighted by Crippen LogP contribution is 2.35. The number of rotatable bonds is 4. The van der Waals surface area contributed by atoms with E-state index in [1.54, 1.807) is 24.4 Å². The molecular weight excluding hydrogens is 371 g/mol. The number of piperidine rings is 1. The first-order chi connectivity index (χ1) is 14.0. The molecule has 1 aromatic carbocycles. The Morgan fingerprint density at radius 3 is 2.55 bits per heavy atom. The van der Waals surface area contributed by atoms with Crippen molar-refractivity contribution in [2.75, 3.05) is 25.5 Å². The van der Waals surface area contributed by atoms with Crippen molar-refractivity contribution < 1.29 is 9.18 Å². The molecule has 1 fully saturated rings. The van der Waals surface area contributed by atoms with E-state index in [-0.39, 0.29) is 17.7 Å². The molecule has 1 saturated heterocycles. The van der Waals surface area contributed by atoms with E-state index in [4.69, 9.17) is 0 Å². The van der Waals surface area contributed by atoms with Crippen LogP contribution in [0.1, 0.15) is 25.8 Å². The lowest BCUT2D eigenvalue weighted by Gasteiger charge is -2.30. The molecular formula is C21H23FN6O. The summed E-state index contributed by atoms with van der Waals surface area (Å²) < 4.78 is 15.6. The van der Waals surface area contributed by atoms with Gasteiger partial charge in [-0.1, -0.05) is 0 Å². The molecule has 0 unspecified atom stereocenters. The third kappa shape index (κ3) is 4.17. The Kier molecular flexibility index (Phi) is 5.35. The van der Waals surface area contributed by atoms with Gasteiger partial charge in [0.05, 0.1) is 23.4 Å². The normalized spacial score (nSPS) is 15.4. The largest absolute Gasteiger partial charge is 0.326 e.